The van der Waals surface area contributed by atoms with E-state index in [0.717, 1.165) is 5.48 Å². The molecule has 0 bridgehead atoms. The van der Waals surface area contributed by atoms with E-state index in [-0.39, 0.29) is 11.6 Å². The van der Waals surface area contributed by atoms with E-state index in [2.05, 4.69) is 31.1 Å². The van der Waals surface area contributed by atoms with Crippen LogP contribution in [0.15, 0.2) is 53.5 Å². The predicted molar refractivity (Wildman–Crippen MR) is 124 cm³/mol. The molecule has 0 aliphatic rings. The molecule has 0 radical (unpaired) electrons. The van der Waals surface area contributed by atoms with Gasteiger partial charge >= 0.3 is 0 Å². The van der Waals surface area contributed by atoms with Crippen molar-refractivity contribution in [3.63, 3.8) is 0 Å². The number of carbonyl (C=O) groups excluding carboxylic acids is 1. The number of nitrogens with two attached hydrogens (primary N) is 1. The molecule has 4 rings (SSSR count). The SMILES string of the molecule is CCn1cc(C(=O)c2cn(C)nc2-c2ccc(F)cc2[C@@H](C)Oc2cc(Br)cnc2[NH2+]O)cn1. The molecule has 0 fully saturated rings. The Morgan fingerprint density at radius 2 is 2.09 bits per heavy atom. The first kappa shape index (κ1) is 23.7. The second-order valence-corrected chi connectivity index (χ2v) is 8.55. The second kappa shape index (κ2) is 9.84. The van der Waals surface area contributed by atoms with Crippen LogP contribution in [0.1, 0.15) is 41.4 Å². The molecular formula is C23H23BrFN6O3+. The van der Waals surface area contributed by atoms with Gasteiger partial charge in [-0.05, 0) is 48.0 Å². The van der Waals surface area contributed by atoms with Gasteiger partial charge in [0.15, 0.2) is 5.78 Å². The van der Waals surface area contributed by atoms with Crippen LogP contribution in [0, 0.1) is 5.82 Å². The minimum absolute atomic E-state index is 0.231. The van der Waals surface area contributed by atoms with Crippen molar-refractivity contribution in [3.05, 3.63) is 76.0 Å². The van der Waals surface area contributed by atoms with E-state index in [1.54, 1.807) is 47.9 Å². The normalized spacial score (nSPS) is 12.1. The highest BCUT2D eigenvalue weighted by Gasteiger charge is 2.25. The molecule has 4 aromatic rings. The van der Waals surface area contributed by atoms with Crippen LogP contribution in [0.3, 0.4) is 0 Å². The maximum Gasteiger partial charge on any atom is 0.299 e. The van der Waals surface area contributed by atoms with Crippen LogP contribution in [-0.4, -0.2) is 35.5 Å². The third-order valence-corrected chi connectivity index (χ3v) is 5.71. The number of halogens is 2. The molecule has 11 heteroatoms. The highest BCUT2D eigenvalue weighted by Crippen LogP contribution is 2.35. The zero-order valence-corrected chi connectivity index (χ0v) is 20.3. The maximum absolute atomic E-state index is 14.3. The fourth-order valence-corrected chi connectivity index (χ4v) is 3.94. The summed E-state index contributed by atoms with van der Waals surface area (Å²) in [5, 5.41) is 18.2. The molecule has 9 nitrogen and oxygen atoms in total. The fraction of sp³-hybridized carbons (Fsp3) is 0.217. The van der Waals surface area contributed by atoms with Gasteiger partial charge in [0.05, 0.1) is 17.3 Å². The van der Waals surface area contributed by atoms with Crippen LogP contribution < -0.4 is 10.2 Å². The molecule has 176 valence electrons. The molecule has 3 heterocycles. The lowest BCUT2D eigenvalue weighted by Crippen LogP contribution is -2.74. The van der Waals surface area contributed by atoms with E-state index in [9.17, 15) is 14.4 Å². The second-order valence-electron chi connectivity index (χ2n) is 7.64. The molecule has 3 aromatic heterocycles. The number of nitrogens with zero attached hydrogens (tertiary/aromatic N) is 5. The summed E-state index contributed by atoms with van der Waals surface area (Å²) in [6, 6.07) is 5.91. The summed E-state index contributed by atoms with van der Waals surface area (Å²) in [7, 11) is 1.72. The first-order valence-corrected chi connectivity index (χ1v) is 11.3. The third-order valence-electron chi connectivity index (χ3n) is 5.27. The van der Waals surface area contributed by atoms with Crippen molar-refractivity contribution < 1.29 is 24.6 Å². The van der Waals surface area contributed by atoms with Crippen LogP contribution in [0.4, 0.5) is 10.2 Å². The van der Waals surface area contributed by atoms with E-state index in [4.69, 9.17) is 4.74 Å². The van der Waals surface area contributed by atoms with Crippen molar-refractivity contribution in [1.29, 1.82) is 0 Å². The number of ketones is 1. The number of benzene rings is 1. The molecule has 0 aliphatic carbocycles. The summed E-state index contributed by atoms with van der Waals surface area (Å²) in [6.45, 7) is 4.32. The Morgan fingerprint density at radius 3 is 2.79 bits per heavy atom. The number of aromatic nitrogens is 5. The molecule has 0 saturated heterocycles. The van der Waals surface area contributed by atoms with E-state index in [0.29, 0.717) is 44.7 Å². The van der Waals surface area contributed by atoms with Gasteiger partial charge in [-0.2, -0.15) is 20.7 Å². The van der Waals surface area contributed by atoms with Crippen LogP contribution in [0.5, 0.6) is 5.75 Å². The summed E-state index contributed by atoms with van der Waals surface area (Å²) in [6.07, 6.45) is 5.71. The van der Waals surface area contributed by atoms with Gasteiger partial charge < -0.3 is 4.74 Å². The Balaban J connectivity index is 1.76. The van der Waals surface area contributed by atoms with Gasteiger partial charge in [0.25, 0.3) is 5.82 Å². The highest BCUT2D eigenvalue weighted by molar-refractivity contribution is 9.10. The first-order chi connectivity index (χ1) is 16.3. The lowest BCUT2D eigenvalue weighted by Gasteiger charge is -2.18. The average Bonchev–Trinajstić information content (AvgIpc) is 3.45. The van der Waals surface area contributed by atoms with Gasteiger partial charge in [-0.1, -0.05) is 0 Å². The third kappa shape index (κ3) is 4.76. The Morgan fingerprint density at radius 1 is 1.29 bits per heavy atom. The summed E-state index contributed by atoms with van der Waals surface area (Å²) in [4.78, 5) is 17.4. The van der Waals surface area contributed by atoms with Crippen molar-refractivity contribution in [1.82, 2.24) is 24.5 Å². The van der Waals surface area contributed by atoms with Gasteiger partial charge in [-0.25, -0.2) is 9.60 Å². The molecular weight excluding hydrogens is 507 g/mol. The minimum Gasteiger partial charge on any atom is -0.478 e. The van der Waals surface area contributed by atoms with Gasteiger partial charge in [0.2, 0.25) is 5.75 Å². The topological polar surface area (TPSA) is 112 Å². The zero-order chi connectivity index (χ0) is 24.4. The number of aryl methyl sites for hydroxylation is 2. The molecule has 1 atom stereocenters. The molecule has 0 aliphatic heterocycles. The van der Waals surface area contributed by atoms with Gasteiger partial charge in [-0.15, -0.1) is 0 Å². The summed E-state index contributed by atoms with van der Waals surface area (Å²) < 4.78 is 24.2. The fourth-order valence-electron chi connectivity index (χ4n) is 3.62. The van der Waals surface area contributed by atoms with E-state index in [1.807, 2.05) is 6.92 Å². The number of quaternary nitrogens is 1. The Kier molecular flexibility index (Phi) is 6.87. The number of rotatable bonds is 8. The van der Waals surface area contributed by atoms with Gasteiger partial charge in [0.1, 0.15) is 17.6 Å². The van der Waals surface area contributed by atoms with Crippen LogP contribution in [0.25, 0.3) is 11.3 Å². The molecule has 1 aromatic carbocycles. The lowest BCUT2D eigenvalue weighted by atomic mass is 9.96. The van der Waals surface area contributed by atoms with E-state index < -0.39 is 11.9 Å². The number of carbonyl (C=O) groups is 1. The van der Waals surface area contributed by atoms with Crippen molar-refractivity contribution >= 4 is 27.5 Å². The van der Waals surface area contributed by atoms with Crippen molar-refractivity contribution in [3.8, 4) is 17.0 Å². The van der Waals surface area contributed by atoms with E-state index in [1.165, 1.54) is 24.5 Å². The number of pyridine rings is 1. The Hall–Kier alpha value is -3.41. The Labute approximate surface area is 203 Å². The average molecular weight is 530 g/mol. The van der Waals surface area contributed by atoms with Crippen molar-refractivity contribution in [2.24, 2.45) is 7.05 Å². The van der Waals surface area contributed by atoms with Crippen LogP contribution in [-0.2, 0) is 13.6 Å². The summed E-state index contributed by atoms with van der Waals surface area (Å²) in [5.41, 5.74) is 3.09. The quantitative estimate of drug-likeness (QED) is 0.266. The maximum atomic E-state index is 14.3. The van der Waals surface area contributed by atoms with Crippen LogP contribution in [0.2, 0.25) is 0 Å². The molecule has 34 heavy (non-hydrogen) atoms. The van der Waals surface area contributed by atoms with Gasteiger partial charge in [0, 0.05) is 53.8 Å². The smallest absolute Gasteiger partial charge is 0.299 e. The monoisotopic (exact) mass is 529 g/mol. The number of ether oxygens (including phenoxy) is 1. The largest absolute Gasteiger partial charge is 0.478 e. The summed E-state index contributed by atoms with van der Waals surface area (Å²) in [5.74, 6) is -0.151. The minimum atomic E-state index is -0.659. The Bertz CT molecular complexity index is 1350. The first-order valence-electron chi connectivity index (χ1n) is 10.5. The van der Waals surface area contributed by atoms with E-state index >= 15 is 0 Å². The molecule has 0 saturated carbocycles. The molecule has 0 amide bonds. The highest BCUT2D eigenvalue weighted by atomic mass is 79.9. The lowest BCUT2D eigenvalue weighted by molar-refractivity contribution is -0.828. The van der Waals surface area contributed by atoms with Gasteiger partial charge in [-0.3, -0.25) is 14.2 Å². The predicted octanol–water partition coefficient (Wildman–Crippen LogP) is 3.56. The standard InChI is InChI=1S/C23H22BrFN6O3/c1-4-31-11-14(9-27-31)22(32)19-12-30(3)28-21(19)17-6-5-16(25)8-18(17)13(2)34-20-7-15(24)10-26-23(20)29-33/h5-13,33H,4H2,1-3H3,(H,26,29)/p+1/t13-/m1/s1. The van der Waals surface area contributed by atoms with Crippen LogP contribution >= 0.6 is 15.9 Å². The molecule has 0 unspecified atom stereocenters. The summed E-state index contributed by atoms with van der Waals surface area (Å²) >= 11 is 3.34. The van der Waals surface area contributed by atoms with Crippen molar-refractivity contribution in [2.75, 3.05) is 0 Å². The number of hydrogen-bond donors (Lipinski definition) is 2. The molecule has 3 N–H and O–H groups in total. The molecule has 0 spiro atoms. The van der Waals surface area contributed by atoms with Crippen molar-refractivity contribution in [2.45, 2.75) is 26.5 Å². The number of hydrogen-bond acceptors (Lipinski definition) is 6. The zero-order valence-electron chi connectivity index (χ0n) is 18.7.